The Balaban J connectivity index is 1.65. The van der Waals surface area contributed by atoms with Crippen LogP contribution < -0.4 is 10.1 Å². The number of hydrogen-bond donors (Lipinski definition) is 3. The molecule has 0 amide bonds. The van der Waals surface area contributed by atoms with Gasteiger partial charge in [-0.2, -0.15) is 0 Å². The zero-order valence-electron chi connectivity index (χ0n) is 15.2. The predicted octanol–water partition coefficient (Wildman–Crippen LogP) is 2.53. The van der Waals surface area contributed by atoms with Crippen molar-refractivity contribution in [3.8, 4) is 11.5 Å². The van der Waals surface area contributed by atoms with E-state index in [1.807, 2.05) is 18.4 Å². The largest absolute Gasteiger partial charge is 0.507 e. The van der Waals surface area contributed by atoms with Crippen molar-refractivity contribution in [2.75, 3.05) is 27.3 Å². The molecule has 1 aromatic rings. The van der Waals surface area contributed by atoms with E-state index in [4.69, 9.17) is 9.47 Å². The first-order valence-electron chi connectivity index (χ1n) is 8.56. The number of unbranched alkanes of at least 4 members (excludes halogenated alkanes) is 1. The maximum Gasteiger partial charge on any atom is 0.128 e. The molecule has 1 aliphatic rings. The molecule has 0 saturated heterocycles. The summed E-state index contributed by atoms with van der Waals surface area (Å²) in [4.78, 5) is 4.33. The number of nitrogens with one attached hydrogen (secondary N) is 1. The van der Waals surface area contributed by atoms with Crippen molar-refractivity contribution in [2.45, 2.75) is 18.9 Å². The molecule has 0 aromatic heterocycles. The number of benzene rings is 1. The second-order valence-electron chi connectivity index (χ2n) is 5.82. The van der Waals surface area contributed by atoms with Crippen molar-refractivity contribution >= 4 is 6.21 Å². The van der Waals surface area contributed by atoms with Crippen molar-refractivity contribution in [2.24, 2.45) is 4.99 Å². The highest BCUT2D eigenvalue weighted by Gasteiger charge is 2.11. The molecule has 3 N–H and O–H groups in total. The number of rotatable bonds is 9. The molecular weight excluding hydrogens is 332 g/mol. The Bertz CT molecular complexity index is 708. The Morgan fingerprint density at radius 3 is 2.73 bits per heavy atom. The molecule has 1 aromatic carbocycles. The molecule has 0 spiro atoms. The molecule has 0 saturated carbocycles. The van der Waals surface area contributed by atoms with Crippen LogP contribution in [0.15, 0.2) is 59.0 Å². The summed E-state index contributed by atoms with van der Waals surface area (Å²) in [6, 6.07) is 5.13. The van der Waals surface area contributed by atoms with E-state index < -0.39 is 6.10 Å². The molecule has 6 heteroatoms. The van der Waals surface area contributed by atoms with Gasteiger partial charge >= 0.3 is 0 Å². The van der Waals surface area contributed by atoms with Crippen LogP contribution in [0.3, 0.4) is 0 Å². The van der Waals surface area contributed by atoms with Gasteiger partial charge in [0.15, 0.2) is 0 Å². The Morgan fingerprint density at radius 1 is 1.19 bits per heavy atom. The number of nitrogens with zero attached hydrogens (tertiary/aromatic N) is 1. The number of aliphatic imine (C=N–C) groups is 1. The van der Waals surface area contributed by atoms with E-state index in [-0.39, 0.29) is 5.75 Å². The normalized spacial score (nSPS) is 18.2. The lowest BCUT2D eigenvalue weighted by Gasteiger charge is -2.14. The summed E-state index contributed by atoms with van der Waals surface area (Å²) in [5.74, 6) is 1.44. The minimum atomic E-state index is -0.649. The maximum atomic E-state index is 9.94. The number of methoxy groups -OCH3 is 2. The molecule has 0 radical (unpaired) electrons. The second-order valence-corrected chi connectivity index (χ2v) is 5.82. The van der Waals surface area contributed by atoms with Crippen LogP contribution in [0.1, 0.15) is 18.4 Å². The third kappa shape index (κ3) is 5.97. The Labute approximate surface area is 154 Å². The number of hydrogen-bond acceptors (Lipinski definition) is 6. The first-order chi connectivity index (χ1) is 12.6. The van der Waals surface area contributed by atoms with Gasteiger partial charge in [-0.1, -0.05) is 6.08 Å². The zero-order valence-corrected chi connectivity index (χ0v) is 15.2. The van der Waals surface area contributed by atoms with Crippen LogP contribution in [0, 0.1) is 0 Å². The highest BCUT2D eigenvalue weighted by atomic mass is 16.5. The third-order valence-corrected chi connectivity index (χ3v) is 3.93. The highest BCUT2D eigenvalue weighted by molar-refractivity contribution is 5.83. The van der Waals surface area contributed by atoms with E-state index in [1.54, 1.807) is 44.7 Å². The van der Waals surface area contributed by atoms with Gasteiger partial charge in [0.1, 0.15) is 23.4 Å². The fourth-order valence-corrected chi connectivity index (χ4v) is 2.40. The molecule has 140 valence electrons. The van der Waals surface area contributed by atoms with Crippen LogP contribution in [-0.2, 0) is 4.74 Å². The molecule has 0 bridgehead atoms. The standard InChI is InChI=1S/C20H26N2O4/c1-25-17-7-5-15(19(23)11-17)13-21-9-3-4-10-22-14-16-6-8-18(26-2)12-20(16)24/h5-8,11-14,19,21,23-24H,3-4,9-10H2,1-2H3/b15-13-,22-14?. The van der Waals surface area contributed by atoms with Crippen molar-refractivity contribution in [1.29, 1.82) is 0 Å². The van der Waals surface area contributed by atoms with Gasteiger partial charge in [0.05, 0.1) is 14.2 Å². The zero-order chi connectivity index (χ0) is 18.8. The van der Waals surface area contributed by atoms with E-state index in [0.29, 0.717) is 23.6 Å². The summed E-state index contributed by atoms with van der Waals surface area (Å²) in [5, 5.41) is 23.0. The number of phenolic OH excluding ortho intramolecular Hbond substituents is 1. The average molecular weight is 358 g/mol. The van der Waals surface area contributed by atoms with Crippen molar-refractivity contribution in [3.63, 3.8) is 0 Å². The highest BCUT2D eigenvalue weighted by Crippen LogP contribution is 2.21. The second kappa shape index (κ2) is 10.3. The van der Waals surface area contributed by atoms with Crippen molar-refractivity contribution in [1.82, 2.24) is 5.32 Å². The number of phenols is 1. The molecule has 0 fully saturated rings. The smallest absolute Gasteiger partial charge is 0.128 e. The summed E-state index contributed by atoms with van der Waals surface area (Å²) >= 11 is 0. The van der Waals surface area contributed by atoms with Crippen LogP contribution in [0.25, 0.3) is 0 Å². The number of aliphatic hydroxyl groups is 1. The minimum Gasteiger partial charge on any atom is -0.507 e. The summed E-state index contributed by atoms with van der Waals surface area (Å²) < 4.78 is 10.1. The molecule has 0 aliphatic heterocycles. The molecule has 1 unspecified atom stereocenters. The summed E-state index contributed by atoms with van der Waals surface area (Å²) in [5.41, 5.74) is 1.48. The predicted molar refractivity (Wildman–Crippen MR) is 103 cm³/mol. The number of aliphatic hydroxyl groups excluding tert-OH is 1. The lowest BCUT2D eigenvalue weighted by atomic mass is 10.1. The molecular formula is C20H26N2O4. The summed E-state index contributed by atoms with van der Waals surface area (Å²) in [6.45, 7) is 1.49. The number of allylic oxidation sites excluding steroid dienone is 1. The van der Waals surface area contributed by atoms with Crippen molar-refractivity contribution < 1.29 is 19.7 Å². The monoisotopic (exact) mass is 358 g/mol. The quantitative estimate of drug-likeness (QED) is 0.467. The van der Waals surface area contributed by atoms with Crippen molar-refractivity contribution in [3.05, 3.63) is 59.5 Å². The van der Waals surface area contributed by atoms with Crippen LogP contribution >= 0.6 is 0 Å². The van der Waals surface area contributed by atoms with Gasteiger partial charge in [0.2, 0.25) is 0 Å². The van der Waals surface area contributed by atoms with E-state index in [0.717, 1.165) is 25.0 Å². The topological polar surface area (TPSA) is 83.3 Å². The number of aromatic hydroxyl groups is 1. The first-order valence-corrected chi connectivity index (χ1v) is 8.56. The van der Waals surface area contributed by atoms with Crippen LogP contribution in [0.4, 0.5) is 0 Å². The minimum absolute atomic E-state index is 0.158. The van der Waals surface area contributed by atoms with Gasteiger partial charge in [-0.05, 0) is 37.1 Å². The van der Waals surface area contributed by atoms with Crippen LogP contribution in [0.2, 0.25) is 0 Å². The molecule has 1 aliphatic carbocycles. The molecule has 0 heterocycles. The Hall–Kier alpha value is -2.73. The van der Waals surface area contributed by atoms with Crippen LogP contribution in [-0.4, -0.2) is 49.8 Å². The SMILES string of the molecule is COC1=CC(O)/C(=C\NCCCCN=Cc2ccc(OC)cc2O)C=C1. The Kier molecular flexibility index (Phi) is 7.76. The molecule has 26 heavy (non-hydrogen) atoms. The number of ether oxygens (including phenoxy) is 2. The van der Waals surface area contributed by atoms with E-state index >= 15 is 0 Å². The fraction of sp³-hybridized carbons (Fsp3) is 0.350. The lowest BCUT2D eigenvalue weighted by molar-refractivity contribution is 0.242. The van der Waals surface area contributed by atoms with Gasteiger partial charge in [-0.25, -0.2) is 0 Å². The molecule has 6 nitrogen and oxygen atoms in total. The summed E-state index contributed by atoms with van der Waals surface area (Å²) in [6.07, 6.45) is 10.0. The third-order valence-electron chi connectivity index (χ3n) is 3.93. The Morgan fingerprint density at radius 2 is 2.04 bits per heavy atom. The summed E-state index contributed by atoms with van der Waals surface area (Å²) in [7, 11) is 3.14. The van der Waals surface area contributed by atoms with Gasteiger partial charge in [-0.15, -0.1) is 0 Å². The molecule has 1 atom stereocenters. The van der Waals surface area contributed by atoms with Gasteiger partial charge < -0.3 is 25.0 Å². The fourth-order valence-electron chi connectivity index (χ4n) is 2.40. The van der Waals surface area contributed by atoms with E-state index in [2.05, 4.69) is 10.3 Å². The van der Waals surface area contributed by atoms with E-state index in [9.17, 15) is 10.2 Å². The van der Waals surface area contributed by atoms with Gasteiger partial charge in [-0.3, -0.25) is 4.99 Å². The average Bonchev–Trinajstić information content (AvgIpc) is 2.65. The van der Waals surface area contributed by atoms with E-state index in [1.165, 1.54) is 0 Å². The maximum absolute atomic E-state index is 9.94. The lowest BCUT2D eigenvalue weighted by Crippen LogP contribution is -2.15. The first kappa shape index (κ1) is 19.6. The van der Waals surface area contributed by atoms with Crippen LogP contribution in [0.5, 0.6) is 11.5 Å². The van der Waals surface area contributed by atoms with Gasteiger partial charge in [0, 0.05) is 42.7 Å². The molecule has 2 rings (SSSR count). The van der Waals surface area contributed by atoms with Gasteiger partial charge in [0.25, 0.3) is 0 Å².